The third kappa shape index (κ3) is 2.23. The number of nitrogens with zero attached hydrogens (tertiary/aromatic N) is 3. The molecule has 0 aliphatic rings. The van der Waals surface area contributed by atoms with Gasteiger partial charge in [0.1, 0.15) is 5.69 Å². The predicted octanol–water partition coefficient (Wildman–Crippen LogP) is 2.99. The summed E-state index contributed by atoms with van der Waals surface area (Å²) in [5.74, 6) is -1.33. The first-order valence-electron chi connectivity index (χ1n) is 5.63. The molecule has 0 saturated heterocycles. The highest BCUT2D eigenvalue weighted by Crippen LogP contribution is 2.28. The third-order valence-corrected chi connectivity index (χ3v) is 3.38. The summed E-state index contributed by atoms with van der Waals surface area (Å²) in [7, 11) is 0. The van der Waals surface area contributed by atoms with E-state index in [-0.39, 0.29) is 5.76 Å². The van der Waals surface area contributed by atoms with Gasteiger partial charge in [-0.3, -0.25) is 0 Å². The fourth-order valence-corrected chi connectivity index (χ4v) is 2.37. The molecule has 0 atom stereocenters. The summed E-state index contributed by atoms with van der Waals surface area (Å²) in [5.41, 5.74) is 2.16. The minimum absolute atomic E-state index is 0.185. The van der Waals surface area contributed by atoms with Crippen LogP contribution in [-0.4, -0.2) is 25.8 Å². The summed E-state index contributed by atoms with van der Waals surface area (Å²) < 4.78 is 7.44. The Hall–Kier alpha value is -2.41. The number of rotatable bonds is 3. The van der Waals surface area contributed by atoms with Gasteiger partial charge in [0.05, 0.1) is 12.0 Å². The largest absolute Gasteiger partial charge is 0.475 e. The Morgan fingerprint density at radius 1 is 1.35 bits per heavy atom. The molecule has 0 saturated carbocycles. The predicted molar refractivity (Wildman–Crippen MR) is 73.7 cm³/mol. The third-order valence-electron chi connectivity index (χ3n) is 2.75. The van der Waals surface area contributed by atoms with Crippen LogP contribution >= 0.6 is 15.9 Å². The topological polar surface area (TPSA) is 81.1 Å². The number of hydrogen-bond acceptors (Lipinski definition) is 4. The van der Waals surface area contributed by atoms with Crippen LogP contribution in [0.2, 0.25) is 0 Å². The second-order valence-electron chi connectivity index (χ2n) is 4.02. The van der Waals surface area contributed by atoms with Crippen LogP contribution in [0.1, 0.15) is 10.6 Å². The van der Waals surface area contributed by atoms with E-state index in [1.54, 1.807) is 12.5 Å². The molecule has 0 fully saturated rings. The molecule has 0 bridgehead atoms. The van der Waals surface area contributed by atoms with Crippen molar-refractivity contribution >= 4 is 21.9 Å². The van der Waals surface area contributed by atoms with E-state index in [9.17, 15) is 4.79 Å². The van der Waals surface area contributed by atoms with Crippen molar-refractivity contribution in [3.63, 3.8) is 0 Å². The fraction of sp³-hybridized carbons (Fsp3) is 0. The van der Waals surface area contributed by atoms with E-state index in [2.05, 4.69) is 26.1 Å². The van der Waals surface area contributed by atoms with Gasteiger partial charge in [-0.05, 0) is 28.1 Å². The molecule has 0 spiro atoms. The normalized spacial score (nSPS) is 10.7. The first-order chi connectivity index (χ1) is 9.65. The van der Waals surface area contributed by atoms with E-state index in [1.165, 1.54) is 6.07 Å². The second-order valence-corrected chi connectivity index (χ2v) is 4.87. The van der Waals surface area contributed by atoms with E-state index in [4.69, 9.17) is 9.63 Å². The zero-order valence-corrected chi connectivity index (χ0v) is 11.6. The zero-order chi connectivity index (χ0) is 14.1. The number of carboxylic acid groups (broad SMARTS) is 1. The van der Waals surface area contributed by atoms with E-state index in [0.29, 0.717) is 5.69 Å². The maximum Gasteiger partial charge on any atom is 0.374 e. The molecule has 3 aromatic rings. The monoisotopic (exact) mass is 333 g/mol. The first kappa shape index (κ1) is 12.6. The Labute approximate surface area is 121 Å². The Balaban J connectivity index is 1.99. The molecular formula is C13H8BrN3O3. The molecule has 20 heavy (non-hydrogen) atoms. The lowest BCUT2D eigenvalue weighted by Crippen LogP contribution is -1.92. The number of aromatic carboxylic acids is 1. The number of carboxylic acids is 1. The summed E-state index contributed by atoms with van der Waals surface area (Å²) in [5, 5.41) is 12.6. The van der Waals surface area contributed by atoms with Crippen molar-refractivity contribution in [3.05, 3.63) is 53.2 Å². The van der Waals surface area contributed by atoms with Crippen molar-refractivity contribution < 1.29 is 14.4 Å². The van der Waals surface area contributed by atoms with Crippen LogP contribution in [0.25, 0.3) is 16.9 Å². The molecule has 100 valence electrons. The van der Waals surface area contributed by atoms with Crippen LogP contribution in [0.4, 0.5) is 0 Å². The molecule has 7 heteroatoms. The van der Waals surface area contributed by atoms with Crippen molar-refractivity contribution in [1.29, 1.82) is 0 Å². The average molecular weight is 334 g/mol. The highest BCUT2D eigenvalue weighted by molar-refractivity contribution is 9.10. The Morgan fingerprint density at radius 2 is 2.20 bits per heavy atom. The zero-order valence-electron chi connectivity index (χ0n) is 10.0. The van der Waals surface area contributed by atoms with Crippen LogP contribution in [0.5, 0.6) is 0 Å². The van der Waals surface area contributed by atoms with Crippen molar-refractivity contribution in [1.82, 2.24) is 14.7 Å². The molecular weight excluding hydrogens is 326 g/mol. The van der Waals surface area contributed by atoms with Gasteiger partial charge in [-0.15, -0.1) is 0 Å². The summed E-state index contributed by atoms with van der Waals surface area (Å²) in [6.07, 6.45) is 5.22. The first-order valence-corrected chi connectivity index (χ1v) is 6.43. The van der Waals surface area contributed by atoms with Crippen molar-refractivity contribution in [2.45, 2.75) is 0 Å². The Bertz CT molecular complexity index is 765. The minimum Gasteiger partial charge on any atom is -0.475 e. The van der Waals surface area contributed by atoms with E-state index in [1.807, 2.05) is 29.0 Å². The number of imidazole rings is 1. The molecule has 0 unspecified atom stereocenters. The number of halogens is 1. The smallest absolute Gasteiger partial charge is 0.374 e. The fourth-order valence-electron chi connectivity index (χ4n) is 1.79. The number of carbonyl (C=O) groups is 1. The van der Waals surface area contributed by atoms with Crippen LogP contribution in [-0.2, 0) is 0 Å². The lowest BCUT2D eigenvalue weighted by Gasteiger charge is -2.06. The van der Waals surface area contributed by atoms with Crippen LogP contribution in [0.15, 0.2) is 52.0 Å². The van der Waals surface area contributed by atoms with Crippen molar-refractivity contribution in [2.24, 2.45) is 0 Å². The van der Waals surface area contributed by atoms with Crippen molar-refractivity contribution in [2.75, 3.05) is 0 Å². The van der Waals surface area contributed by atoms with E-state index < -0.39 is 5.97 Å². The van der Waals surface area contributed by atoms with Gasteiger partial charge >= 0.3 is 5.97 Å². The summed E-state index contributed by atoms with van der Waals surface area (Å²) >= 11 is 3.48. The molecule has 0 aliphatic carbocycles. The van der Waals surface area contributed by atoms with Gasteiger partial charge in [0, 0.05) is 28.5 Å². The van der Waals surface area contributed by atoms with Crippen LogP contribution in [0, 0.1) is 0 Å². The van der Waals surface area contributed by atoms with Gasteiger partial charge in [-0.25, -0.2) is 9.78 Å². The van der Waals surface area contributed by atoms with Crippen LogP contribution < -0.4 is 0 Å². The quantitative estimate of drug-likeness (QED) is 0.796. The van der Waals surface area contributed by atoms with Gasteiger partial charge in [0.15, 0.2) is 0 Å². The van der Waals surface area contributed by atoms with Gasteiger partial charge < -0.3 is 14.2 Å². The van der Waals surface area contributed by atoms with E-state index >= 15 is 0 Å². The summed E-state index contributed by atoms with van der Waals surface area (Å²) in [6.45, 7) is 0. The van der Waals surface area contributed by atoms with Gasteiger partial charge in [0.2, 0.25) is 5.76 Å². The molecule has 0 amide bonds. The molecule has 2 heterocycles. The summed E-state index contributed by atoms with van der Waals surface area (Å²) in [4.78, 5) is 14.8. The molecule has 1 N–H and O–H groups in total. The van der Waals surface area contributed by atoms with Gasteiger partial charge in [0.25, 0.3) is 0 Å². The van der Waals surface area contributed by atoms with Crippen LogP contribution in [0.3, 0.4) is 0 Å². The summed E-state index contributed by atoms with van der Waals surface area (Å²) in [6, 6.07) is 6.96. The number of aromatic nitrogens is 3. The lowest BCUT2D eigenvalue weighted by molar-refractivity contribution is 0.0652. The molecule has 3 rings (SSSR count). The molecule has 6 nitrogen and oxygen atoms in total. The van der Waals surface area contributed by atoms with Gasteiger partial charge in [-0.1, -0.05) is 11.2 Å². The molecule has 0 aliphatic heterocycles. The average Bonchev–Trinajstić information content (AvgIpc) is 3.10. The minimum atomic E-state index is -1.14. The standard InChI is InChI=1S/C13H8BrN3O3/c14-9-5-8(10-6-12(13(18)19)20-16-10)1-2-11(9)17-4-3-15-7-17/h1-7H,(H,18,19). The highest BCUT2D eigenvalue weighted by atomic mass is 79.9. The number of benzene rings is 1. The SMILES string of the molecule is O=C(O)c1cc(-c2ccc(-n3ccnc3)c(Br)c2)no1. The Kier molecular flexibility index (Phi) is 3.11. The van der Waals surface area contributed by atoms with Gasteiger partial charge in [-0.2, -0.15) is 0 Å². The number of hydrogen-bond donors (Lipinski definition) is 1. The molecule has 0 radical (unpaired) electrons. The maximum absolute atomic E-state index is 10.8. The molecule has 2 aromatic heterocycles. The Morgan fingerprint density at radius 3 is 2.80 bits per heavy atom. The van der Waals surface area contributed by atoms with Crippen molar-refractivity contribution in [3.8, 4) is 16.9 Å². The lowest BCUT2D eigenvalue weighted by atomic mass is 10.1. The molecule has 1 aromatic carbocycles. The van der Waals surface area contributed by atoms with E-state index in [0.717, 1.165) is 15.7 Å². The second kappa shape index (κ2) is 4.93. The maximum atomic E-state index is 10.8. The highest BCUT2D eigenvalue weighted by Gasteiger charge is 2.13.